The fourth-order valence-corrected chi connectivity index (χ4v) is 3.21. The number of nitriles is 1. The van der Waals surface area contributed by atoms with Crippen LogP contribution in [0.2, 0.25) is 0 Å². The first kappa shape index (κ1) is 19.3. The topological polar surface area (TPSA) is 64.3 Å². The molecule has 0 unspecified atom stereocenters. The lowest BCUT2D eigenvalue weighted by atomic mass is 9.95. The third-order valence-electron chi connectivity index (χ3n) is 4.62. The van der Waals surface area contributed by atoms with Gasteiger partial charge in [-0.25, -0.2) is 0 Å². The zero-order valence-electron chi connectivity index (χ0n) is 15.8. The quantitative estimate of drug-likeness (QED) is 0.779. The lowest BCUT2D eigenvalue weighted by Gasteiger charge is -2.14. The molecule has 0 fully saturated rings. The minimum absolute atomic E-state index is 0.00678. The Bertz CT molecular complexity index is 992. The van der Waals surface area contributed by atoms with Crippen molar-refractivity contribution in [2.45, 2.75) is 6.42 Å². The summed E-state index contributed by atoms with van der Waals surface area (Å²) in [7, 11) is 1.80. The van der Waals surface area contributed by atoms with Crippen molar-refractivity contribution in [1.29, 1.82) is 5.26 Å². The highest BCUT2D eigenvalue weighted by molar-refractivity contribution is 5.83. The first-order valence-corrected chi connectivity index (χ1v) is 9.15. The third kappa shape index (κ3) is 4.85. The zero-order chi connectivity index (χ0) is 19.9. The fourth-order valence-electron chi connectivity index (χ4n) is 3.21. The molecule has 0 aliphatic heterocycles. The van der Waals surface area contributed by atoms with E-state index in [1.165, 1.54) is 0 Å². The maximum absolute atomic E-state index is 10.9. The number of rotatable bonds is 7. The minimum atomic E-state index is -0.832. The smallest absolute Gasteiger partial charge is 0.317 e. The van der Waals surface area contributed by atoms with Crippen LogP contribution in [0.15, 0.2) is 78.4 Å². The molecule has 3 rings (SSSR count). The van der Waals surface area contributed by atoms with Gasteiger partial charge in [0.15, 0.2) is 0 Å². The Morgan fingerprint density at radius 2 is 2.00 bits per heavy atom. The summed E-state index contributed by atoms with van der Waals surface area (Å²) >= 11 is 0. The number of carbonyl (C=O) groups is 1. The molecule has 4 nitrogen and oxygen atoms in total. The molecule has 0 radical (unpaired) electrons. The van der Waals surface area contributed by atoms with Crippen LogP contribution >= 0.6 is 0 Å². The molecule has 2 aromatic rings. The molecule has 0 saturated carbocycles. The Morgan fingerprint density at radius 3 is 2.64 bits per heavy atom. The average molecular weight is 370 g/mol. The van der Waals surface area contributed by atoms with Gasteiger partial charge in [-0.3, -0.25) is 9.69 Å². The molecule has 2 aromatic carbocycles. The summed E-state index contributed by atoms with van der Waals surface area (Å²) in [6, 6.07) is 18.0. The summed E-state index contributed by atoms with van der Waals surface area (Å²) in [6.45, 7) is 0.561. The lowest BCUT2D eigenvalue weighted by Crippen LogP contribution is -2.25. The average Bonchev–Trinajstić information content (AvgIpc) is 3.22. The SMILES string of the molecule is CN(C/C=C(\C1=CCC=C1)c1ccc(-c2cccc(C#N)c2)cc1)CC(=O)O. The monoisotopic (exact) mass is 370 g/mol. The van der Waals surface area contributed by atoms with Crippen LogP contribution in [0.3, 0.4) is 0 Å². The maximum atomic E-state index is 10.9. The molecule has 0 saturated heterocycles. The molecule has 0 atom stereocenters. The Kier molecular flexibility index (Phi) is 6.21. The van der Waals surface area contributed by atoms with E-state index in [0.717, 1.165) is 34.3 Å². The normalized spacial score (nSPS) is 13.5. The Hall–Kier alpha value is -3.42. The van der Waals surface area contributed by atoms with Crippen molar-refractivity contribution in [2.24, 2.45) is 0 Å². The van der Waals surface area contributed by atoms with Crippen molar-refractivity contribution in [3.05, 3.63) is 89.5 Å². The van der Waals surface area contributed by atoms with Crippen LogP contribution in [-0.4, -0.2) is 36.1 Å². The van der Waals surface area contributed by atoms with E-state index in [0.29, 0.717) is 12.1 Å². The van der Waals surface area contributed by atoms with Crippen LogP contribution in [0, 0.1) is 11.3 Å². The van der Waals surface area contributed by atoms with Crippen molar-refractivity contribution in [2.75, 3.05) is 20.1 Å². The van der Waals surface area contributed by atoms with Gasteiger partial charge >= 0.3 is 5.97 Å². The van der Waals surface area contributed by atoms with Crippen LogP contribution in [0.25, 0.3) is 16.7 Å². The van der Waals surface area contributed by atoms with E-state index in [-0.39, 0.29) is 6.54 Å². The predicted octanol–water partition coefficient (Wildman–Crippen LogP) is 4.51. The number of carboxylic acids is 1. The molecule has 0 aromatic heterocycles. The number of allylic oxidation sites excluding steroid dienone is 5. The molecule has 1 N–H and O–H groups in total. The Morgan fingerprint density at radius 1 is 1.21 bits per heavy atom. The number of likely N-dealkylation sites (N-methyl/N-ethyl adjacent to an activating group) is 1. The van der Waals surface area contributed by atoms with Gasteiger partial charge in [-0.2, -0.15) is 5.26 Å². The van der Waals surface area contributed by atoms with Gasteiger partial charge in [0.1, 0.15) is 0 Å². The standard InChI is InChI=1S/C24H22N2O2/c1-26(17-24(27)28)14-13-23(20-6-2-3-7-20)21-11-9-19(10-12-21)22-8-4-5-18(15-22)16-25/h2,4-13,15H,3,14,17H2,1H3,(H,27,28)/b23-13+. The molecule has 28 heavy (non-hydrogen) atoms. The van der Waals surface area contributed by atoms with Gasteiger partial charge in [0, 0.05) is 6.54 Å². The second kappa shape index (κ2) is 8.98. The van der Waals surface area contributed by atoms with Gasteiger partial charge in [0.2, 0.25) is 0 Å². The summed E-state index contributed by atoms with van der Waals surface area (Å²) in [5.41, 5.74) is 6.05. The van der Waals surface area contributed by atoms with Crippen LogP contribution in [0.4, 0.5) is 0 Å². The summed E-state index contributed by atoms with van der Waals surface area (Å²) in [5.74, 6) is -0.832. The third-order valence-corrected chi connectivity index (χ3v) is 4.62. The number of nitrogens with zero attached hydrogens (tertiary/aromatic N) is 2. The van der Waals surface area contributed by atoms with Crippen LogP contribution in [0.1, 0.15) is 17.5 Å². The van der Waals surface area contributed by atoms with E-state index in [1.807, 2.05) is 18.2 Å². The summed E-state index contributed by atoms with van der Waals surface area (Å²) in [6.07, 6.45) is 9.39. The van der Waals surface area contributed by atoms with Crippen molar-refractivity contribution in [1.82, 2.24) is 4.90 Å². The van der Waals surface area contributed by atoms with Gasteiger partial charge in [-0.15, -0.1) is 0 Å². The Labute approximate surface area is 165 Å². The minimum Gasteiger partial charge on any atom is -0.480 e. The van der Waals surface area contributed by atoms with Crippen molar-refractivity contribution < 1.29 is 9.90 Å². The van der Waals surface area contributed by atoms with Gasteiger partial charge in [-0.05, 0) is 53.4 Å². The molecule has 0 spiro atoms. The molecule has 1 aliphatic rings. The first-order chi connectivity index (χ1) is 13.6. The van der Waals surface area contributed by atoms with Crippen molar-refractivity contribution >= 4 is 11.5 Å². The largest absolute Gasteiger partial charge is 0.480 e. The first-order valence-electron chi connectivity index (χ1n) is 9.15. The summed E-state index contributed by atoms with van der Waals surface area (Å²) in [5, 5.41) is 18.0. The summed E-state index contributed by atoms with van der Waals surface area (Å²) in [4.78, 5) is 12.7. The van der Waals surface area contributed by atoms with Crippen LogP contribution < -0.4 is 0 Å². The van der Waals surface area contributed by atoms with E-state index in [4.69, 9.17) is 10.4 Å². The highest BCUT2D eigenvalue weighted by Gasteiger charge is 2.10. The number of aliphatic carboxylic acids is 1. The van der Waals surface area contributed by atoms with E-state index < -0.39 is 5.97 Å². The van der Waals surface area contributed by atoms with Crippen LogP contribution in [-0.2, 0) is 4.79 Å². The maximum Gasteiger partial charge on any atom is 0.317 e. The van der Waals surface area contributed by atoms with E-state index >= 15 is 0 Å². The van der Waals surface area contributed by atoms with Crippen molar-refractivity contribution in [3.63, 3.8) is 0 Å². The number of hydrogen-bond acceptors (Lipinski definition) is 3. The molecule has 0 bridgehead atoms. The highest BCUT2D eigenvalue weighted by Crippen LogP contribution is 2.30. The number of hydrogen-bond donors (Lipinski definition) is 1. The Balaban J connectivity index is 1.87. The van der Waals surface area contributed by atoms with Crippen molar-refractivity contribution in [3.8, 4) is 17.2 Å². The molecular weight excluding hydrogens is 348 g/mol. The molecule has 4 heteroatoms. The number of benzene rings is 2. The van der Waals surface area contributed by atoms with E-state index in [2.05, 4.69) is 54.6 Å². The van der Waals surface area contributed by atoms with Gasteiger partial charge in [-0.1, -0.05) is 60.7 Å². The molecule has 0 amide bonds. The van der Waals surface area contributed by atoms with E-state index in [1.54, 1.807) is 18.0 Å². The number of carboxylic acid groups (broad SMARTS) is 1. The van der Waals surface area contributed by atoms with Gasteiger partial charge in [0.05, 0.1) is 18.2 Å². The molecule has 140 valence electrons. The molecule has 0 heterocycles. The second-order valence-corrected chi connectivity index (χ2v) is 6.78. The predicted molar refractivity (Wildman–Crippen MR) is 112 cm³/mol. The van der Waals surface area contributed by atoms with Gasteiger partial charge in [0.25, 0.3) is 0 Å². The van der Waals surface area contributed by atoms with E-state index in [9.17, 15) is 4.79 Å². The lowest BCUT2D eigenvalue weighted by molar-refractivity contribution is -0.137. The van der Waals surface area contributed by atoms with Gasteiger partial charge < -0.3 is 5.11 Å². The highest BCUT2D eigenvalue weighted by atomic mass is 16.4. The second-order valence-electron chi connectivity index (χ2n) is 6.78. The summed E-state index contributed by atoms with van der Waals surface area (Å²) < 4.78 is 0. The molecule has 1 aliphatic carbocycles. The fraction of sp³-hybridized carbons (Fsp3) is 0.167. The molecular formula is C24H22N2O2. The van der Waals surface area contributed by atoms with Crippen LogP contribution in [0.5, 0.6) is 0 Å². The zero-order valence-corrected chi connectivity index (χ0v) is 15.8.